The van der Waals surface area contributed by atoms with Crippen molar-refractivity contribution in [3.8, 4) is 0 Å². The van der Waals surface area contributed by atoms with Crippen molar-refractivity contribution in [3.05, 3.63) is 35.4 Å². The van der Waals surface area contributed by atoms with Crippen molar-refractivity contribution in [1.29, 1.82) is 0 Å². The largest absolute Gasteiger partial charge is 0.387 e. The highest BCUT2D eigenvalue weighted by atomic mass is 16.5. The van der Waals surface area contributed by atoms with Gasteiger partial charge in [-0.15, -0.1) is 0 Å². The number of methoxy groups -OCH3 is 1. The second kappa shape index (κ2) is 7.21. The highest BCUT2D eigenvalue weighted by Gasteiger charge is 2.28. The zero-order valence-corrected chi connectivity index (χ0v) is 12.9. The lowest BCUT2D eigenvalue weighted by atomic mass is 9.94. The first-order chi connectivity index (χ1) is 9.61. The van der Waals surface area contributed by atoms with Gasteiger partial charge in [0.05, 0.1) is 12.7 Å². The van der Waals surface area contributed by atoms with E-state index in [1.165, 1.54) is 18.4 Å². The third kappa shape index (κ3) is 3.81. The summed E-state index contributed by atoms with van der Waals surface area (Å²) in [6, 6.07) is 8.35. The summed E-state index contributed by atoms with van der Waals surface area (Å²) < 4.78 is 5.28. The SMILES string of the molecule is COCC1CCCN(C(C)C(O)c2ccc(C)cc2)C1. The van der Waals surface area contributed by atoms with Gasteiger partial charge < -0.3 is 9.84 Å². The van der Waals surface area contributed by atoms with Gasteiger partial charge in [0, 0.05) is 19.7 Å². The Morgan fingerprint density at radius 1 is 1.35 bits per heavy atom. The summed E-state index contributed by atoms with van der Waals surface area (Å²) in [7, 11) is 1.77. The Labute approximate surface area is 122 Å². The lowest BCUT2D eigenvalue weighted by Gasteiger charge is -2.38. The Morgan fingerprint density at radius 2 is 2.05 bits per heavy atom. The van der Waals surface area contributed by atoms with Gasteiger partial charge in [-0.1, -0.05) is 29.8 Å². The average molecular weight is 277 g/mol. The van der Waals surface area contributed by atoms with Crippen LogP contribution in [0.15, 0.2) is 24.3 Å². The average Bonchev–Trinajstić information content (AvgIpc) is 2.47. The first-order valence-electron chi connectivity index (χ1n) is 7.59. The molecule has 112 valence electrons. The molecule has 2 rings (SSSR count). The van der Waals surface area contributed by atoms with Crippen LogP contribution in [0.5, 0.6) is 0 Å². The van der Waals surface area contributed by atoms with Crippen LogP contribution in [0, 0.1) is 12.8 Å². The minimum Gasteiger partial charge on any atom is -0.387 e. The van der Waals surface area contributed by atoms with Gasteiger partial charge in [-0.3, -0.25) is 4.90 Å². The van der Waals surface area contributed by atoms with Gasteiger partial charge in [0.2, 0.25) is 0 Å². The van der Waals surface area contributed by atoms with E-state index in [-0.39, 0.29) is 6.04 Å². The van der Waals surface area contributed by atoms with Crippen molar-refractivity contribution in [3.63, 3.8) is 0 Å². The normalized spacial score (nSPS) is 23.5. The molecule has 1 aromatic carbocycles. The summed E-state index contributed by atoms with van der Waals surface area (Å²) in [6.07, 6.45) is 2.01. The Bertz CT molecular complexity index is 402. The van der Waals surface area contributed by atoms with Gasteiger partial charge in [-0.2, -0.15) is 0 Å². The lowest BCUT2D eigenvalue weighted by Crippen LogP contribution is -2.45. The highest BCUT2D eigenvalue weighted by Crippen LogP contribution is 2.26. The number of aliphatic hydroxyl groups is 1. The summed E-state index contributed by atoms with van der Waals surface area (Å²) in [5.74, 6) is 0.599. The fourth-order valence-electron chi connectivity index (χ4n) is 3.08. The van der Waals surface area contributed by atoms with E-state index < -0.39 is 6.10 Å². The molecule has 1 saturated heterocycles. The number of rotatable bonds is 5. The van der Waals surface area contributed by atoms with E-state index in [1.807, 2.05) is 12.1 Å². The number of piperidine rings is 1. The molecular weight excluding hydrogens is 250 g/mol. The molecule has 1 heterocycles. The second-order valence-corrected chi connectivity index (χ2v) is 6.05. The van der Waals surface area contributed by atoms with E-state index in [0.717, 1.165) is 25.3 Å². The maximum Gasteiger partial charge on any atom is 0.0942 e. The Morgan fingerprint density at radius 3 is 2.70 bits per heavy atom. The van der Waals surface area contributed by atoms with Gasteiger partial charge in [0.1, 0.15) is 0 Å². The number of benzene rings is 1. The molecule has 1 aliphatic heterocycles. The standard InChI is InChI=1S/C17H27NO2/c1-13-6-8-16(9-7-13)17(19)14(2)18-10-4-5-15(11-18)12-20-3/h6-9,14-15,17,19H,4-5,10-12H2,1-3H3. The van der Waals surface area contributed by atoms with Gasteiger partial charge in [0.25, 0.3) is 0 Å². The molecule has 20 heavy (non-hydrogen) atoms. The lowest BCUT2D eigenvalue weighted by molar-refractivity contribution is 0.0168. The van der Waals surface area contributed by atoms with Crippen LogP contribution in [0.1, 0.15) is 37.0 Å². The fourth-order valence-corrected chi connectivity index (χ4v) is 3.08. The molecule has 3 unspecified atom stereocenters. The van der Waals surface area contributed by atoms with E-state index >= 15 is 0 Å². The van der Waals surface area contributed by atoms with E-state index in [4.69, 9.17) is 4.74 Å². The predicted molar refractivity (Wildman–Crippen MR) is 81.8 cm³/mol. The van der Waals surface area contributed by atoms with Crippen molar-refractivity contribution in [2.45, 2.75) is 38.8 Å². The predicted octanol–water partition coefficient (Wildman–Crippen LogP) is 2.78. The topological polar surface area (TPSA) is 32.7 Å². The molecule has 1 fully saturated rings. The molecule has 1 aromatic rings. The Hall–Kier alpha value is -0.900. The number of aliphatic hydroxyl groups excluding tert-OH is 1. The first kappa shape index (κ1) is 15.5. The Balaban J connectivity index is 1.98. The van der Waals surface area contributed by atoms with Crippen LogP contribution in [0.2, 0.25) is 0 Å². The maximum absolute atomic E-state index is 10.6. The van der Waals surface area contributed by atoms with Crippen LogP contribution in [-0.4, -0.2) is 42.9 Å². The zero-order valence-electron chi connectivity index (χ0n) is 12.9. The van der Waals surface area contributed by atoms with Crippen molar-refractivity contribution >= 4 is 0 Å². The summed E-state index contributed by atoms with van der Waals surface area (Å²) >= 11 is 0. The summed E-state index contributed by atoms with van der Waals surface area (Å²) in [5.41, 5.74) is 2.24. The van der Waals surface area contributed by atoms with Crippen LogP contribution in [0.3, 0.4) is 0 Å². The zero-order chi connectivity index (χ0) is 14.5. The molecule has 0 aliphatic carbocycles. The third-order valence-electron chi connectivity index (χ3n) is 4.40. The van der Waals surface area contributed by atoms with Crippen molar-refractivity contribution in [1.82, 2.24) is 4.90 Å². The van der Waals surface area contributed by atoms with Crippen molar-refractivity contribution < 1.29 is 9.84 Å². The molecule has 0 saturated carbocycles. The van der Waals surface area contributed by atoms with Crippen LogP contribution in [0.25, 0.3) is 0 Å². The molecule has 0 bridgehead atoms. The fraction of sp³-hybridized carbons (Fsp3) is 0.647. The number of ether oxygens (including phenoxy) is 1. The number of hydrogen-bond acceptors (Lipinski definition) is 3. The summed E-state index contributed by atoms with van der Waals surface area (Å²) in [6.45, 7) is 7.12. The van der Waals surface area contributed by atoms with E-state index in [0.29, 0.717) is 5.92 Å². The van der Waals surface area contributed by atoms with Crippen LogP contribution in [-0.2, 0) is 4.74 Å². The molecule has 0 radical (unpaired) electrons. The number of likely N-dealkylation sites (tertiary alicyclic amines) is 1. The minimum absolute atomic E-state index is 0.150. The molecule has 0 aromatic heterocycles. The molecule has 3 nitrogen and oxygen atoms in total. The van der Waals surface area contributed by atoms with Gasteiger partial charge in [-0.25, -0.2) is 0 Å². The Kier molecular flexibility index (Phi) is 5.58. The monoisotopic (exact) mass is 277 g/mol. The molecule has 3 atom stereocenters. The van der Waals surface area contributed by atoms with Crippen LogP contribution < -0.4 is 0 Å². The van der Waals surface area contributed by atoms with E-state index in [9.17, 15) is 5.11 Å². The maximum atomic E-state index is 10.6. The van der Waals surface area contributed by atoms with E-state index in [2.05, 4.69) is 30.9 Å². The number of nitrogens with zero attached hydrogens (tertiary/aromatic N) is 1. The molecule has 1 aliphatic rings. The van der Waals surface area contributed by atoms with Crippen LogP contribution >= 0.6 is 0 Å². The number of aryl methyl sites for hydroxylation is 1. The van der Waals surface area contributed by atoms with Crippen molar-refractivity contribution in [2.24, 2.45) is 5.92 Å². The first-order valence-corrected chi connectivity index (χ1v) is 7.59. The number of hydrogen-bond donors (Lipinski definition) is 1. The van der Waals surface area contributed by atoms with Gasteiger partial charge >= 0.3 is 0 Å². The molecule has 0 spiro atoms. The second-order valence-electron chi connectivity index (χ2n) is 6.05. The molecule has 3 heteroatoms. The summed E-state index contributed by atoms with van der Waals surface area (Å²) in [5, 5.41) is 10.6. The molecular formula is C17H27NO2. The van der Waals surface area contributed by atoms with E-state index in [1.54, 1.807) is 7.11 Å². The third-order valence-corrected chi connectivity index (χ3v) is 4.40. The molecule has 0 amide bonds. The quantitative estimate of drug-likeness (QED) is 0.898. The summed E-state index contributed by atoms with van der Waals surface area (Å²) in [4.78, 5) is 2.40. The highest BCUT2D eigenvalue weighted by molar-refractivity contribution is 5.24. The van der Waals surface area contributed by atoms with Gasteiger partial charge in [0.15, 0.2) is 0 Å². The minimum atomic E-state index is -0.420. The smallest absolute Gasteiger partial charge is 0.0942 e. The van der Waals surface area contributed by atoms with Crippen molar-refractivity contribution in [2.75, 3.05) is 26.8 Å². The van der Waals surface area contributed by atoms with Crippen LogP contribution in [0.4, 0.5) is 0 Å². The van der Waals surface area contributed by atoms with Gasteiger partial charge in [-0.05, 0) is 44.7 Å². The molecule has 1 N–H and O–H groups in total.